The van der Waals surface area contributed by atoms with Gasteiger partial charge < -0.3 is 15.2 Å². The lowest BCUT2D eigenvalue weighted by atomic mass is 9.92. The van der Waals surface area contributed by atoms with Gasteiger partial charge in [-0.15, -0.1) is 0 Å². The zero-order chi connectivity index (χ0) is 11.4. The first-order chi connectivity index (χ1) is 7.85. The van der Waals surface area contributed by atoms with Crippen LogP contribution in [0.2, 0.25) is 0 Å². The van der Waals surface area contributed by atoms with E-state index in [1.54, 1.807) is 7.11 Å². The zero-order valence-corrected chi connectivity index (χ0v) is 9.57. The van der Waals surface area contributed by atoms with Gasteiger partial charge in [-0.05, 0) is 36.9 Å². The van der Waals surface area contributed by atoms with Crippen molar-refractivity contribution >= 4 is 0 Å². The minimum atomic E-state index is -0.0236. The molecule has 16 heavy (non-hydrogen) atoms. The van der Waals surface area contributed by atoms with Crippen molar-refractivity contribution in [2.45, 2.75) is 25.4 Å². The Balaban J connectivity index is 2.20. The van der Waals surface area contributed by atoms with Crippen molar-refractivity contribution in [2.24, 2.45) is 0 Å². The molecule has 1 aliphatic rings. The van der Waals surface area contributed by atoms with Gasteiger partial charge in [-0.25, -0.2) is 4.98 Å². The summed E-state index contributed by atoms with van der Waals surface area (Å²) in [6.45, 7) is 2.08. The average molecular weight is 222 g/mol. The lowest BCUT2D eigenvalue weighted by molar-refractivity contribution is 0.271. The second-order valence-corrected chi connectivity index (χ2v) is 4.14. The van der Waals surface area contributed by atoms with E-state index in [9.17, 15) is 5.11 Å². The first-order valence-corrected chi connectivity index (χ1v) is 5.69. The molecule has 4 heteroatoms. The van der Waals surface area contributed by atoms with E-state index >= 15 is 0 Å². The molecular weight excluding hydrogens is 204 g/mol. The third kappa shape index (κ3) is 2.33. The second kappa shape index (κ2) is 5.27. The molecule has 88 valence electrons. The van der Waals surface area contributed by atoms with E-state index in [0.29, 0.717) is 11.8 Å². The highest BCUT2D eigenvalue weighted by atomic mass is 16.5. The fourth-order valence-electron chi connectivity index (χ4n) is 2.17. The summed E-state index contributed by atoms with van der Waals surface area (Å²) >= 11 is 0. The second-order valence-electron chi connectivity index (χ2n) is 4.14. The molecule has 1 saturated heterocycles. The molecule has 1 atom stereocenters. The van der Waals surface area contributed by atoms with E-state index in [1.807, 2.05) is 12.3 Å². The van der Waals surface area contributed by atoms with E-state index in [4.69, 9.17) is 4.74 Å². The van der Waals surface area contributed by atoms with Gasteiger partial charge in [-0.2, -0.15) is 0 Å². The van der Waals surface area contributed by atoms with E-state index in [2.05, 4.69) is 10.3 Å². The lowest BCUT2D eigenvalue weighted by Crippen LogP contribution is -2.28. The molecule has 1 aromatic rings. The Morgan fingerprint density at radius 2 is 2.50 bits per heavy atom. The number of aliphatic hydroxyl groups excluding tert-OH is 1. The number of rotatable bonds is 3. The maximum Gasteiger partial charge on any atom is 0.218 e. The van der Waals surface area contributed by atoms with Crippen LogP contribution in [0.1, 0.15) is 29.9 Å². The number of pyridine rings is 1. The topological polar surface area (TPSA) is 54.4 Å². The average Bonchev–Trinajstić information content (AvgIpc) is 2.39. The predicted molar refractivity (Wildman–Crippen MR) is 61.6 cm³/mol. The van der Waals surface area contributed by atoms with Crippen LogP contribution in [0.4, 0.5) is 0 Å². The van der Waals surface area contributed by atoms with Gasteiger partial charge in [0.15, 0.2) is 0 Å². The fourth-order valence-corrected chi connectivity index (χ4v) is 2.17. The quantitative estimate of drug-likeness (QED) is 0.802. The summed E-state index contributed by atoms with van der Waals surface area (Å²) in [7, 11) is 1.57. The van der Waals surface area contributed by atoms with Crippen LogP contribution >= 0.6 is 0 Å². The largest absolute Gasteiger partial charge is 0.481 e. The number of hydrogen-bond donors (Lipinski definition) is 2. The first-order valence-electron chi connectivity index (χ1n) is 5.69. The van der Waals surface area contributed by atoms with E-state index < -0.39 is 0 Å². The lowest BCUT2D eigenvalue weighted by Gasteiger charge is -2.23. The maximum absolute atomic E-state index is 9.24. The number of aliphatic hydroxyl groups is 1. The molecule has 2 N–H and O–H groups in total. The molecule has 1 fully saturated rings. The zero-order valence-electron chi connectivity index (χ0n) is 9.57. The summed E-state index contributed by atoms with van der Waals surface area (Å²) in [5.74, 6) is 1.03. The Morgan fingerprint density at radius 3 is 3.12 bits per heavy atom. The number of nitrogens with one attached hydrogen (secondary N) is 1. The molecule has 1 aliphatic heterocycles. The Bertz CT molecular complexity index is 349. The number of aromatic nitrogens is 1. The molecular formula is C12H18N2O2. The van der Waals surface area contributed by atoms with Gasteiger partial charge in [-0.1, -0.05) is 0 Å². The van der Waals surface area contributed by atoms with Crippen LogP contribution in [0.25, 0.3) is 0 Å². The summed E-state index contributed by atoms with van der Waals surface area (Å²) in [6.07, 6.45) is 4.24. The fraction of sp³-hybridized carbons (Fsp3) is 0.583. The molecule has 2 heterocycles. The minimum Gasteiger partial charge on any atom is -0.481 e. The Hall–Kier alpha value is -1.13. The smallest absolute Gasteiger partial charge is 0.218 e. The first kappa shape index (κ1) is 11.4. The summed E-state index contributed by atoms with van der Waals surface area (Å²) in [5.41, 5.74) is 1.96. The van der Waals surface area contributed by atoms with E-state index in [0.717, 1.165) is 18.7 Å². The minimum absolute atomic E-state index is 0.0236. The molecule has 1 unspecified atom stereocenters. The van der Waals surface area contributed by atoms with Gasteiger partial charge in [0.2, 0.25) is 5.88 Å². The molecule has 0 saturated carbocycles. The summed E-state index contributed by atoms with van der Waals surface area (Å²) < 4.78 is 5.09. The molecule has 0 spiro atoms. The standard InChI is InChI=1S/C12H18N2O2/c1-16-12-11(8-15)5-10(7-14-12)9-3-2-4-13-6-9/h5,7,9,13,15H,2-4,6,8H2,1H3. The SMILES string of the molecule is COc1ncc(C2CCCNC2)cc1CO. The van der Waals surface area contributed by atoms with Crippen molar-refractivity contribution in [1.82, 2.24) is 10.3 Å². The highest BCUT2D eigenvalue weighted by Gasteiger charge is 2.17. The van der Waals surface area contributed by atoms with Gasteiger partial charge in [0.05, 0.1) is 13.7 Å². The van der Waals surface area contributed by atoms with E-state index in [1.165, 1.54) is 18.4 Å². The van der Waals surface area contributed by atoms with Crippen molar-refractivity contribution in [3.8, 4) is 5.88 Å². The van der Waals surface area contributed by atoms with Crippen molar-refractivity contribution in [1.29, 1.82) is 0 Å². The highest BCUT2D eigenvalue weighted by molar-refractivity contribution is 5.31. The number of nitrogens with zero attached hydrogens (tertiary/aromatic N) is 1. The van der Waals surface area contributed by atoms with Gasteiger partial charge in [-0.3, -0.25) is 0 Å². The number of piperidine rings is 1. The van der Waals surface area contributed by atoms with Gasteiger partial charge in [0, 0.05) is 18.3 Å². The van der Waals surface area contributed by atoms with Gasteiger partial charge >= 0.3 is 0 Å². The van der Waals surface area contributed by atoms with Crippen molar-refractivity contribution in [3.63, 3.8) is 0 Å². The molecule has 2 rings (SSSR count). The van der Waals surface area contributed by atoms with Crippen LogP contribution in [0.5, 0.6) is 5.88 Å². The number of hydrogen-bond acceptors (Lipinski definition) is 4. The molecule has 0 aromatic carbocycles. The highest BCUT2D eigenvalue weighted by Crippen LogP contribution is 2.26. The van der Waals surface area contributed by atoms with Crippen LogP contribution < -0.4 is 10.1 Å². The van der Waals surface area contributed by atoms with Crippen LogP contribution in [-0.2, 0) is 6.61 Å². The summed E-state index contributed by atoms with van der Waals surface area (Å²) in [4.78, 5) is 4.23. The molecule has 0 amide bonds. The van der Waals surface area contributed by atoms with Crippen molar-refractivity contribution < 1.29 is 9.84 Å². The normalized spacial score (nSPS) is 20.8. The Kier molecular flexibility index (Phi) is 3.74. The Morgan fingerprint density at radius 1 is 1.62 bits per heavy atom. The molecule has 0 radical (unpaired) electrons. The maximum atomic E-state index is 9.24. The molecule has 4 nitrogen and oxygen atoms in total. The predicted octanol–water partition coefficient (Wildman–Crippen LogP) is 1.05. The number of methoxy groups -OCH3 is 1. The van der Waals surface area contributed by atoms with Crippen LogP contribution in [0.3, 0.4) is 0 Å². The molecule has 1 aromatic heterocycles. The summed E-state index contributed by atoms with van der Waals surface area (Å²) in [5, 5.41) is 12.6. The van der Waals surface area contributed by atoms with Crippen LogP contribution in [0.15, 0.2) is 12.3 Å². The monoisotopic (exact) mass is 222 g/mol. The van der Waals surface area contributed by atoms with Gasteiger partial charge in [0.1, 0.15) is 0 Å². The van der Waals surface area contributed by atoms with Crippen molar-refractivity contribution in [2.75, 3.05) is 20.2 Å². The summed E-state index contributed by atoms with van der Waals surface area (Å²) in [6, 6.07) is 2.00. The Labute approximate surface area is 95.7 Å². The van der Waals surface area contributed by atoms with Gasteiger partial charge in [0.25, 0.3) is 0 Å². The third-order valence-corrected chi connectivity index (χ3v) is 3.08. The molecule has 0 aliphatic carbocycles. The third-order valence-electron chi connectivity index (χ3n) is 3.08. The number of ether oxygens (including phenoxy) is 1. The van der Waals surface area contributed by atoms with Crippen LogP contribution in [0, 0.1) is 0 Å². The molecule has 0 bridgehead atoms. The van der Waals surface area contributed by atoms with Crippen molar-refractivity contribution in [3.05, 3.63) is 23.4 Å². The van der Waals surface area contributed by atoms with Crippen LogP contribution in [-0.4, -0.2) is 30.3 Å². The van der Waals surface area contributed by atoms with E-state index in [-0.39, 0.29) is 6.61 Å².